The molecule has 5 heteroatoms. The highest BCUT2D eigenvalue weighted by Crippen LogP contribution is 2.23. The summed E-state index contributed by atoms with van der Waals surface area (Å²) in [6, 6.07) is 7.96. The summed E-state index contributed by atoms with van der Waals surface area (Å²) in [5, 5.41) is 8.36. The SMILES string of the molecule is Cn1ccc(CNCc2ccc(Br)c(Cl)c2)n1. The van der Waals surface area contributed by atoms with Crippen LogP contribution in [0.25, 0.3) is 0 Å². The Hall–Kier alpha value is -0.840. The van der Waals surface area contributed by atoms with E-state index in [0.717, 1.165) is 33.8 Å². The summed E-state index contributed by atoms with van der Waals surface area (Å²) >= 11 is 9.39. The van der Waals surface area contributed by atoms with Gasteiger partial charge in [0, 0.05) is 30.8 Å². The van der Waals surface area contributed by atoms with Crippen molar-refractivity contribution in [1.29, 1.82) is 0 Å². The fraction of sp³-hybridized carbons (Fsp3) is 0.250. The Morgan fingerprint density at radius 2 is 2.18 bits per heavy atom. The van der Waals surface area contributed by atoms with Gasteiger partial charge in [-0.15, -0.1) is 0 Å². The maximum absolute atomic E-state index is 6.02. The Labute approximate surface area is 114 Å². The largest absolute Gasteiger partial charge is 0.307 e. The van der Waals surface area contributed by atoms with E-state index in [-0.39, 0.29) is 0 Å². The van der Waals surface area contributed by atoms with E-state index in [4.69, 9.17) is 11.6 Å². The summed E-state index contributed by atoms with van der Waals surface area (Å²) < 4.78 is 2.72. The molecule has 0 aliphatic heterocycles. The molecule has 1 aromatic carbocycles. The minimum absolute atomic E-state index is 0.738. The first-order valence-corrected chi connectivity index (χ1v) is 6.45. The molecule has 0 bridgehead atoms. The van der Waals surface area contributed by atoms with Crippen LogP contribution in [-0.4, -0.2) is 9.78 Å². The van der Waals surface area contributed by atoms with Crippen LogP contribution in [0, 0.1) is 0 Å². The molecule has 0 aliphatic carbocycles. The molecule has 0 saturated heterocycles. The third-order valence-electron chi connectivity index (χ3n) is 2.39. The van der Waals surface area contributed by atoms with Crippen LogP contribution in [0.15, 0.2) is 34.9 Å². The summed E-state index contributed by atoms with van der Waals surface area (Å²) in [4.78, 5) is 0. The van der Waals surface area contributed by atoms with Crippen molar-refractivity contribution in [3.05, 3.63) is 51.2 Å². The van der Waals surface area contributed by atoms with Crippen molar-refractivity contribution in [2.24, 2.45) is 7.05 Å². The number of hydrogen-bond acceptors (Lipinski definition) is 2. The third-order valence-corrected chi connectivity index (χ3v) is 3.62. The Morgan fingerprint density at radius 3 is 2.82 bits per heavy atom. The predicted molar refractivity (Wildman–Crippen MR) is 72.9 cm³/mol. The molecule has 0 fully saturated rings. The van der Waals surface area contributed by atoms with Crippen LogP contribution >= 0.6 is 27.5 Å². The van der Waals surface area contributed by atoms with Gasteiger partial charge in [0.1, 0.15) is 0 Å². The number of benzene rings is 1. The standard InChI is InChI=1S/C12H13BrClN3/c1-17-5-4-10(16-17)8-15-7-9-2-3-11(13)12(14)6-9/h2-6,15H,7-8H2,1H3. The quantitative estimate of drug-likeness (QED) is 0.939. The van der Waals surface area contributed by atoms with Gasteiger partial charge in [0.05, 0.1) is 10.7 Å². The number of aryl methyl sites for hydroxylation is 1. The molecular formula is C12H13BrClN3. The molecule has 1 N–H and O–H groups in total. The molecule has 0 aliphatic rings. The molecule has 0 spiro atoms. The summed E-state index contributed by atoms with van der Waals surface area (Å²) in [7, 11) is 1.91. The van der Waals surface area contributed by atoms with E-state index < -0.39 is 0 Å². The van der Waals surface area contributed by atoms with E-state index in [1.54, 1.807) is 4.68 Å². The van der Waals surface area contributed by atoms with Gasteiger partial charge >= 0.3 is 0 Å². The Morgan fingerprint density at radius 1 is 1.35 bits per heavy atom. The molecule has 1 heterocycles. The molecule has 0 atom stereocenters. The molecule has 0 saturated carbocycles. The number of hydrogen-bond donors (Lipinski definition) is 1. The Kier molecular flexibility index (Phi) is 4.20. The van der Waals surface area contributed by atoms with Crippen molar-refractivity contribution < 1.29 is 0 Å². The fourth-order valence-corrected chi connectivity index (χ4v) is 1.99. The fourth-order valence-electron chi connectivity index (χ4n) is 1.54. The molecule has 17 heavy (non-hydrogen) atoms. The zero-order valence-corrected chi connectivity index (χ0v) is 11.8. The lowest BCUT2D eigenvalue weighted by molar-refractivity contribution is 0.656. The second-order valence-corrected chi connectivity index (χ2v) is 5.09. The molecule has 0 radical (unpaired) electrons. The van der Waals surface area contributed by atoms with Gasteiger partial charge in [0.15, 0.2) is 0 Å². The third kappa shape index (κ3) is 3.56. The second-order valence-electron chi connectivity index (χ2n) is 3.83. The first-order valence-electron chi connectivity index (χ1n) is 5.28. The van der Waals surface area contributed by atoms with Crippen LogP contribution in [0.4, 0.5) is 0 Å². The van der Waals surface area contributed by atoms with Gasteiger partial charge in [0.25, 0.3) is 0 Å². The zero-order valence-electron chi connectivity index (χ0n) is 9.45. The van der Waals surface area contributed by atoms with Gasteiger partial charge in [-0.05, 0) is 39.7 Å². The molecular weight excluding hydrogens is 302 g/mol. The zero-order chi connectivity index (χ0) is 12.3. The van der Waals surface area contributed by atoms with Gasteiger partial charge in [-0.2, -0.15) is 5.10 Å². The maximum atomic E-state index is 6.02. The molecule has 90 valence electrons. The van der Waals surface area contributed by atoms with Crippen molar-refractivity contribution in [1.82, 2.24) is 15.1 Å². The highest BCUT2D eigenvalue weighted by Gasteiger charge is 2.00. The van der Waals surface area contributed by atoms with Crippen molar-refractivity contribution in [3.63, 3.8) is 0 Å². The number of nitrogens with one attached hydrogen (secondary N) is 1. The Balaban J connectivity index is 1.87. The smallest absolute Gasteiger partial charge is 0.0762 e. The summed E-state index contributed by atoms with van der Waals surface area (Å²) in [5.74, 6) is 0. The van der Waals surface area contributed by atoms with Gasteiger partial charge in [-0.25, -0.2) is 0 Å². The lowest BCUT2D eigenvalue weighted by Crippen LogP contribution is -2.13. The molecule has 1 aromatic heterocycles. The van der Waals surface area contributed by atoms with Gasteiger partial charge in [0.2, 0.25) is 0 Å². The van der Waals surface area contributed by atoms with Crippen molar-refractivity contribution >= 4 is 27.5 Å². The monoisotopic (exact) mass is 313 g/mol. The lowest BCUT2D eigenvalue weighted by atomic mass is 10.2. The topological polar surface area (TPSA) is 29.9 Å². The first kappa shape index (κ1) is 12.6. The predicted octanol–water partition coefficient (Wildman–Crippen LogP) is 3.13. The number of halogens is 2. The van der Waals surface area contributed by atoms with Crippen LogP contribution in [0.5, 0.6) is 0 Å². The molecule has 0 unspecified atom stereocenters. The number of rotatable bonds is 4. The molecule has 2 aromatic rings. The van der Waals surface area contributed by atoms with Crippen molar-refractivity contribution in [2.45, 2.75) is 13.1 Å². The van der Waals surface area contributed by atoms with E-state index >= 15 is 0 Å². The van der Waals surface area contributed by atoms with E-state index in [2.05, 4.69) is 26.3 Å². The average molecular weight is 315 g/mol. The highest BCUT2D eigenvalue weighted by atomic mass is 79.9. The van der Waals surface area contributed by atoms with Crippen LogP contribution in [0.1, 0.15) is 11.3 Å². The molecule has 0 amide bonds. The van der Waals surface area contributed by atoms with E-state index in [1.165, 1.54) is 0 Å². The van der Waals surface area contributed by atoms with Crippen LogP contribution in [-0.2, 0) is 20.1 Å². The Bertz CT molecular complexity index is 510. The van der Waals surface area contributed by atoms with Crippen LogP contribution in [0.3, 0.4) is 0 Å². The second kappa shape index (κ2) is 5.67. The molecule has 2 rings (SSSR count). The summed E-state index contributed by atoms with van der Waals surface area (Å²) in [6.45, 7) is 1.54. The van der Waals surface area contributed by atoms with Gasteiger partial charge < -0.3 is 5.32 Å². The summed E-state index contributed by atoms with van der Waals surface area (Å²) in [6.07, 6.45) is 1.94. The van der Waals surface area contributed by atoms with Crippen LogP contribution < -0.4 is 5.32 Å². The maximum Gasteiger partial charge on any atom is 0.0762 e. The number of aromatic nitrogens is 2. The van der Waals surface area contributed by atoms with Gasteiger partial charge in [-0.3, -0.25) is 4.68 Å². The van der Waals surface area contributed by atoms with Gasteiger partial charge in [-0.1, -0.05) is 17.7 Å². The minimum Gasteiger partial charge on any atom is -0.307 e. The van der Waals surface area contributed by atoms with Crippen molar-refractivity contribution in [3.8, 4) is 0 Å². The van der Waals surface area contributed by atoms with E-state index in [9.17, 15) is 0 Å². The normalized spacial score (nSPS) is 10.8. The average Bonchev–Trinajstić information content (AvgIpc) is 2.70. The minimum atomic E-state index is 0.738. The van der Waals surface area contributed by atoms with Crippen molar-refractivity contribution in [2.75, 3.05) is 0 Å². The number of nitrogens with zero attached hydrogens (tertiary/aromatic N) is 2. The lowest BCUT2D eigenvalue weighted by Gasteiger charge is -2.04. The molecule has 3 nitrogen and oxygen atoms in total. The first-order chi connectivity index (χ1) is 8.15. The van der Waals surface area contributed by atoms with E-state index in [1.807, 2.05) is 37.5 Å². The summed E-state index contributed by atoms with van der Waals surface area (Å²) in [5.41, 5.74) is 2.20. The highest BCUT2D eigenvalue weighted by molar-refractivity contribution is 9.10. The van der Waals surface area contributed by atoms with Crippen LogP contribution in [0.2, 0.25) is 5.02 Å². The van der Waals surface area contributed by atoms with E-state index in [0.29, 0.717) is 0 Å².